The number of nitrogens with one attached hydrogen (secondary N) is 1. The van der Waals surface area contributed by atoms with Crippen molar-refractivity contribution in [2.24, 2.45) is 0 Å². The molecule has 0 unspecified atom stereocenters. The van der Waals surface area contributed by atoms with Crippen LogP contribution in [0, 0.1) is 0 Å². The molecule has 5 nitrogen and oxygen atoms in total. The van der Waals surface area contributed by atoms with Crippen molar-refractivity contribution in [2.75, 3.05) is 19.7 Å². The number of carbonyl (C=O) groups excluding carboxylic acids is 1. The average molecular weight is 267 g/mol. The second-order valence-electron chi connectivity index (χ2n) is 5.03. The number of hydrogen-bond donors (Lipinski definition) is 1. The van der Waals surface area contributed by atoms with E-state index in [0.717, 1.165) is 26.1 Å². The largest absolute Gasteiger partial charge is 0.376 e. The van der Waals surface area contributed by atoms with Gasteiger partial charge in [0.2, 0.25) is 0 Å². The lowest BCUT2D eigenvalue weighted by Crippen LogP contribution is -2.45. The lowest BCUT2D eigenvalue weighted by Gasteiger charge is -2.33. The Kier molecular flexibility index (Phi) is 3.32. The molecule has 1 aromatic rings. The van der Waals surface area contributed by atoms with Gasteiger partial charge in [0.05, 0.1) is 18.2 Å². The van der Waals surface area contributed by atoms with Crippen LogP contribution < -0.4 is 5.32 Å². The van der Waals surface area contributed by atoms with Gasteiger partial charge < -0.3 is 10.1 Å². The summed E-state index contributed by atoms with van der Waals surface area (Å²) >= 11 is 1.44. The van der Waals surface area contributed by atoms with Crippen molar-refractivity contribution in [1.82, 2.24) is 15.2 Å². The Morgan fingerprint density at radius 1 is 1.61 bits per heavy atom. The van der Waals surface area contributed by atoms with E-state index >= 15 is 0 Å². The molecular weight excluding hydrogens is 250 g/mol. The molecule has 2 aliphatic rings. The maximum absolute atomic E-state index is 11.9. The van der Waals surface area contributed by atoms with E-state index in [-0.39, 0.29) is 11.9 Å². The lowest BCUT2D eigenvalue weighted by atomic mass is 10.1. The van der Waals surface area contributed by atoms with E-state index in [0.29, 0.717) is 17.8 Å². The molecule has 3 atom stereocenters. The number of thiazole rings is 1. The molecule has 0 saturated carbocycles. The van der Waals surface area contributed by atoms with Gasteiger partial charge in [0, 0.05) is 30.6 Å². The van der Waals surface area contributed by atoms with Crippen LogP contribution in [-0.4, -0.2) is 53.7 Å². The number of aromatic nitrogens is 1. The predicted octanol–water partition coefficient (Wildman–Crippen LogP) is 0.734. The predicted molar refractivity (Wildman–Crippen MR) is 68.8 cm³/mol. The molecule has 0 aliphatic carbocycles. The van der Waals surface area contributed by atoms with Crippen molar-refractivity contribution >= 4 is 17.2 Å². The number of fused-ring (bicyclic) bond motifs is 1. The first-order chi connectivity index (χ1) is 8.72. The molecule has 3 rings (SSSR count). The highest BCUT2D eigenvalue weighted by Crippen LogP contribution is 2.23. The fourth-order valence-electron chi connectivity index (χ4n) is 2.73. The van der Waals surface area contributed by atoms with Crippen LogP contribution in [0.25, 0.3) is 0 Å². The van der Waals surface area contributed by atoms with Crippen LogP contribution in [0.15, 0.2) is 10.9 Å². The number of morpholine rings is 1. The Hall–Kier alpha value is -0.980. The molecule has 0 aromatic carbocycles. The van der Waals surface area contributed by atoms with Crippen LogP contribution in [0.1, 0.15) is 23.8 Å². The third-order valence-electron chi connectivity index (χ3n) is 3.59. The average Bonchev–Trinajstić information content (AvgIpc) is 2.95. The van der Waals surface area contributed by atoms with Gasteiger partial charge in [-0.25, -0.2) is 4.98 Å². The number of amides is 1. The highest BCUT2D eigenvalue weighted by Gasteiger charge is 2.36. The number of rotatable bonds is 2. The summed E-state index contributed by atoms with van der Waals surface area (Å²) in [5.41, 5.74) is 2.21. The number of carbonyl (C=O) groups is 1. The van der Waals surface area contributed by atoms with Gasteiger partial charge in [0.15, 0.2) is 0 Å². The summed E-state index contributed by atoms with van der Waals surface area (Å²) < 4.78 is 5.65. The summed E-state index contributed by atoms with van der Waals surface area (Å²) in [7, 11) is 0. The first-order valence-electron chi connectivity index (χ1n) is 6.27. The van der Waals surface area contributed by atoms with Crippen molar-refractivity contribution < 1.29 is 9.53 Å². The van der Waals surface area contributed by atoms with Crippen molar-refractivity contribution in [3.63, 3.8) is 0 Å². The van der Waals surface area contributed by atoms with E-state index in [2.05, 4.69) is 22.1 Å². The Labute approximate surface area is 110 Å². The molecule has 1 N–H and O–H groups in total. The van der Waals surface area contributed by atoms with Crippen LogP contribution in [-0.2, 0) is 4.74 Å². The first-order valence-corrected chi connectivity index (χ1v) is 7.21. The van der Waals surface area contributed by atoms with Gasteiger partial charge in [-0.2, -0.15) is 0 Å². The van der Waals surface area contributed by atoms with Gasteiger partial charge in [-0.05, 0) is 13.3 Å². The number of nitrogens with zero attached hydrogens (tertiary/aromatic N) is 2. The Morgan fingerprint density at radius 3 is 3.28 bits per heavy atom. The van der Waals surface area contributed by atoms with Crippen LogP contribution in [0.4, 0.5) is 0 Å². The molecule has 2 fully saturated rings. The topological polar surface area (TPSA) is 54.5 Å². The van der Waals surface area contributed by atoms with E-state index in [1.165, 1.54) is 11.3 Å². The lowest BCUT2D eigenvalue weighted by molar-refractivity contribution is -0.0390. The molecule has 2 aliphatic heterocycles. The first kappa shape index (κ1) is 12.1. The van der Waals surface area contributed by atoms with Crippen molar-refractivity contribution in [1.29, 1.82) is 0 Å². The fraction of sp³-hybridized carbons (Fsp3) is 0.667. The molecule has 98 valence electrons. The van der Waals surface area contributed by atoms with Crippen molar-refractivity contribution in [3.8, 4) is 0 Å². The second-order valence-corrected chi connectivity index (χ2v) is 5.75. The highest BCUT2D eigenvalue weighted by atomic mass is 32.1. The summed E-state index contributed by atoms with van der Waals surface area (Å²) in [6.07, 6.45) is 1.28. The van der Waals surface area contributed by atoms with Crippen LogP contribution in [0.5, 0.6) is 0 Å². The second kappa shape index (κ2) is 4.95. The Bertz CT molecular complexity index is 423. The van der Waals surface area contributed by atoms with Crippen LogP contribution >= 0.6 is 11.3 Å². The molecular formula is C12H17N3O2S. The van der Waals surface area contributed by atoms with E-state index in [4.69, 9.17) is 4.74 Å². The third kappa shape index (κ3) is 2.41. The molecule has 0 radical (unpaired) electrons. The van der Waals surface area contributed by atoms with Gasteiger partial charge in [-0.1, -0.05) is 0 Å². The van der Waals surface area contributed by atoms with Crippen molar-refractivity contribution in [3.05, 3.63) is 16.6 Å². The van der Waals surface area contributed by atoms with E-state index in [1.807, 2.05) is 0 Å². The summed E-state index contributed by atoms with van der Waals surface area (Å²) in [6.45, 7) is 4.77. The molecule has 18 heavy (non-hydrogen) atoms. The minimum absolute atomic E-state index is 0.0601. The monoisotopic (exact) mass is 267 g/mol. The van der Waals surface area contributed by atoms with E-state index < -0.39 is 0 Å². The maximum Gasteiger partial charge on any atom is 0.271 e. The zero-order valence-corrected chi connectivity index (χ0v) is 11.2. The molecule has 0 bridgehead atoms. The van der Waals surface area contributed by atoms with Crippen LogP contribution in [0.3, 0.4) is 0 Å². The molecule has 1 aromatic heterocycles. The fourth-order valence-corrected chi connectivity index (χ4v) is 3.26. The zero-order chi connectivity index (χ0) is 12.5. The standard InChI is InChI=1S/C12H17N3O2S/c1-8-3-15-4-9(2-10(15)5-17-8)14-12(16)11-6-18-7-13-11/h6-10H,2-5H2,1H3,(H,14,16)/t8-,9-,10+/m1/s1. The van der Waals surface area contributed by atoms with Gasteiger partial charge in [-0.3, -0.25) is 9.69 Å². The van der Waals surface area contributed by atoms with Crippen molar-refractivity contribution in [2.45, 2.75) is 31.5 Å². The number of hydrogen-bond acceptors (Lipinski definition) is 5. The zero-order valence-electron chi connectivity index (χ0n) is 10.3. The van der Waals surface area contributed by atoms with Gasteiger partial charge in [-0.15, -0.1) is 11.3 Å². The minimum Gasteiger partial charge on any atom is -0.376 e. The Balaban J connectivity index is 1.58. The minimum atomic E-state index is -0.0601. The molecule has 2 saturated heterocycles. The molecule has 1 amide bonds. The quantitative estimate of drug-likeness (QED) is 0.858. The van der Waals surface area contributed by atoms with Gasteiger partial charge in [0.25, 0.3) is 5.91 Å². The van der Waals surface area contributed by atoms with Gasteiger partial charge >= 0.3 is 0 Å². The summed E-state index contributed by atoms with van der Waals surface area (Å²) in [5, 5.41) is 4.84. The third-order valence-corrected chi connectivity index (χ3v) is 4.18. The van der Waals surface area contributed by atoms with Gasteiger partial charge in [0.1, 0.15) is 5.69 Å². The summed E-state index contributed by atoms with van der Waals surface area (Å²) in [6, 6.07) is 0.681. The number of ether oxygens (including phenoxy) is 1. The van der Waals surface area contributed by atoms with Crippen LogP contribution in [0.2, 0.25) is 0 Å². The summed E-state index contributed by atoms with van der Waals surface area (Å²) in [5.74, 6) is -0.0601. The molecule has 3 heterocycles. The maximum atomic E-state index is 11.9. The summed E-state index contributed by atoms with van der Waals surface area (Å²) in [4.78, 5) is 18.4. The Morgan fingerprint density at radius 2 is 2.50 bits per heavy atom. The van der Waals surface area contributed by atoms with E-state index in [9.17, 15) is 4.79 Å². The molecule has 0 spiro atoms. The normalized spacial score (nSPS) is 32.2. The van der Waals surface area contributed by atoms with E-state index in [1.54, 1.807) is 10.9 Å². The highest BCUT2D eigenvalue weighted by molar-refractivity contribution is 7.07. The smallest absolute Gasteiger partial charge is 0.271 e. The molecule has 6 heteroatoms. The SMILES string of the molecule is C[C@@H]1CN2C[C@H](NC(=O)c3cscn3)C[C@H]2CO1.